The van der Waals surface area contributed by atoms with Crippen LogP contribution in [0.25, 0.3) is 20.8 Å². The summed E-state index contributed by atoms with van der Waals surface area (Å²) in [6.45, 7) is 0.665. The molecule has 3 aromatic carbocycles. The van der Waals surface area contributed by atoms with Gasteiger partial charge in [-0.25, -0.2) is 9.78 Å². The van der Waals surface area contributed by atoms with Crippen LogP contribution in [0.5, 0.6) is 5.75 Å². The lowest BCUT2D eigenvalue weighted by Gasteiger charge is -2.25. The number of hydrogen-bond donors (Lipinski definition) is 2. The Hall–Kier alpha value is -4.24. The number of nitrogens with zero attached hydrogens (tertiary/aromatic N) is 2. The first-order valence-corrected chi connectivity index (χ1v) is 11.8. The third-order valence-corrected chi connectivity index (χ3v) is 7.03. The van der Waals surface area contributed by atoms with Crippen molar-refractivity contribution in [2.24, 2.45) is 0 Å². The number of rotatable bonds is 7. The minimum Gasteiger partial charge on any atom is -0.497 e. The molecule has 4 amide bonds. The van der Waals surface area contributed by atoms with Crippen LogP contribution < -0.4 is 15.4 Å². The molecule has 0 radical (unpaired) electrons. The van der Waals surface area contributed by atoms with Gasteiger partial charge in [-0.05, 0) is 35.4 Å². The number of urea groups is 1. The van der Waals surface area contributed by atoms with Crippen molar-refractivity contribution < 1.29 is 19.1 Å². The van der Waals surface area contributed by atoms with E-state index in [4.69, 9.17) is 9.72 Å². The van der Waals surface area contributed by atoms with Gasteiger partial charge in [-0.1, -0.05) is 42.5 Å². The standard InChI is InChI=1S/C26H22N4O4S/c1-34-19-11-10-18-13-30(25(32)20(18)12-19)14-22(29-26(33)27-15-31)16-6-8-17(9-7-16)24-28-21-4-2-3-5-23(21)35-24/h2-12,15,22H,13-14H2,1H3,(H2,27,29,31,33)/t22-/m0/s1. The SMILES string of the molecule is COc1ccc2c(c1)C(=O)N(C[C@H](NC(=O)NC=O)c1ccc(-c3nc4ccccc4s3)cc1)C2. The van der Waals surface area contributed by atoms with E-state index in [-0.39, 0.29) is 12.5 Å². The molecule has 35 heavy (non-hydrogen) atoms. The van der Waals surface area contributed by atoms with E-state index < -0.39 is 12.1 Å². The van der Waals surface area contributed by atoms with Crippen molar-refractivity contribution in [3.63, 3.8) is 0 Å². The molecule has 1 atom stereocenters. The van der Waals surface area contributed by atoms with Crippen molar-refractivity contribution in [3.05, 3.63) is 83.4 Å². The fraction of sp³-hybridized carbons (Fsp3) is 0.154. The number of amides is 4. The van der Waals surface area contributed by atoms with E-state index >= 15 is 0 Å². The predicted molar refractivity (Wildman–Crippen MR) is 133 cm³/mol. The third-order valence-electron chi connectivity index (χ3n) is 5.95. The lowest BCUT2D eigenvalue weighted by Crippen LogP contribution is -2.42. The number of methoxy groups -OCH3 is 1. The average molecular weight is 487 g/mol. The molecule has 2 N–H and O–H groups in total. The number of imide groups is 1. The second-order valence-corrected chi connectivity index (χ2v) is 9.14. The van der Waals surface area contributed by atoms with Crippen LogP contribution >= 0.6 is 11.3 Å². The van der Waals surface area contributed by atoms with Gasteiger partial charge in [0.05, 0.1) is 23.4 Å². The van der Waals surface area contributed by atoms with Gasteiger partial charge >= 0.3 is 6.03 Å². The number of para-hydroxylation sites is 1. The van der Waals surface area contributed by atoms with Gasteiger partial charge in [0.1, 0.15) is 10.8 Å². The van der Waals surface area contributed by atoms with Gasteiger partial charge in [-0.15, -0.1) is 11.3 Å². The van der Waals surface area contributed by atoms with Crippen molar-refractivity contribution in [2.75, 3.05) is 13.7 Å². The maximum Gasteiger partial charge on any atom is 0.321 e. The molecule has 8 nitrogen and oxygen atoms in total. The van der Waals surface area contributed by atoms with Crippen LogP contribution in [-0.2, 0) is 11.3 Å². The van der Waals surface area contributed by atoms with Crippen LogP contribution in [0.2, 0.25) is 0 Å². The zero-order valence-electron chi connectivity index (χ0n) is 18.9. The molecule has 5 rings (SSSR count). The molecule has 176 valence electrons. The highest BCUT2D eigenvalue weighted by molar-refractivity contribution is 7.21. The van der Waals surface area contributed by atoms with Gasteiger partial charge < -0.3 is 15.0 Å². The Balaban J connectivity index is 1.39. The maximum absolute atomic E-state index is 13.0. The van der Waals surface area contributed by atoms with E-state index in [0.29, 0.717) is 24.3 Å². The first-order valence-electron chi connectivity index (χ1n) is 11.0. The molecule has 0 unspecified atom stereocenters. The fourth-order valence-corrected chi connectivity index (χ4v) is 5.15. The number of benzene rings is 3. The Labute approximate surface area is 205 Å². The molecule has 4 aromatic rings. The molecule has 0 aliphatic carbocycles. The molecule has 1 aliphatic heterocycles. The quantitative estimate of drug-likeness (QED) is 0.383. The number of hydrogen-bond acceptors (Lipinski definition) is 6. The summed E-state index contributed by atoms with van der Waals surface area (Å²) >= 11 is 1.61. The number of fused-ring (bicyclic) bond motifs is 2. The van der Waals surface area contributed by atoms with E-state index in [2.05, 4.69) is 10.6 Å². The summed E-state index contributed by atoms with van der Waals surface area (Å²) < 4.78 is 6.36. The Morgan fingerprint density at radius 1 is 1.17 bits per heavy atom. The van der Waals surface area contributed by atoms with Gasteiger partial charge in [-0.3, -0.25) is 14.9 Å². The maximum atomic E-state index is 13.0. The summed E-state index contributed by atoms with van der Waals surface area (Å²) in [6, 6.07) is 19.9. The largest absolute Gasteiger partial charge is 0.497 e. The lowest BCUT2D eigenvalue weighted by molar-refractivity contribution is -0.108. The highest BCUT2D eigenvalue weighted by Crippen LogP contribution is 2.32. The van der Waals surface area contributed by atoms with Crippen molar-refractivity contribution in [1.82, 2.24) is 20.5 Å². The van der Waals surface area contributed by atoms with Crippen LogP contribution in [0.3, 0.4) is 0 Å². The zero-order chi connectivity index (χ0) is 24.4. The Kier molecular flexibility index (Phi) is 6.15. The van der Waals surface area contributed by atoms with Crippen molar-refractivity contribution in [1.29, 1.82) is 0 Å². The molecule has 0 saturated heterocycles. The Morgan fingerprint density at radius 2 is 1.97 bits per heavy atom. The summed E-state index contributed by atoms with van der Waals surface area (Å²) in [4.78, 5) is 42.4. The van der Waals surface area contributed by atoms with Gasteiger partial charge in [0.2, 0.25) is 6.41 Å². The van der Waals surface area contributed by atoms with E-state index in [1.807, 2.05) is 60.7 Å². The summed E-state index contributed by atoms with van der Waals surface area (Å²) in [7, 11) is 1.56. The summed E-state index contributed by atoms with van der Waals surface area (Å²) in [5, 5.41) is 5.81. The highest BCUT2D eigenvalue weighted by atomic mass is 32.1. The average Bonchev–Trinajstić information content (AvgIpc) is 3.45. The summed E-state index contributed by atoms with van der Waals surface area (Å²) in [6.07, 6.45) is 0.325. The normalized spacial score (nSPS) is 13.4. The summed E-state index contributed by atoms with van der Waals surface area (Å²) in [5.41, 5.74) is 4.20. The minimum absolute atomic E-state index is 0.132. The van der Waals surface area contributed by atoms with Crippen molar-refractivity contribution >= 4 is 39.9 Å². The molecule has 1 aliphatic rings. The van der Waals surface area contributed by atoms with Crippen molar-refractivity contribution in [2.45, 2.75) is 12.6 Å². The number of carbonyl (C=O) groups is 3. The molecular weight excluding hydrogens is 464 g/mol. The van der Waals surface area contributed by atoms with Gasteiger partial charge in [0.15, 0.2) is 0 Å². The van der Waals surface area contributed by atoms with Crippen molar-refractivity contribution in [3.8, 4) is 16.3 Å². The molecular formula is C26H22N4O4S. The summed E-state index contributed by atoms with van der Waals surface area (Å²) in [5.74, 6) is 0.483. The zero-order valence-corrected chi connectivity index (χ0v) is 19.7. The number of aromatic nitrogens is 1. The first-order chi connectivity index (χ1) is 17.1. The van der Waals surface area contributed by atoms with E-state index in [0.717, 1.165) is 31.9 Å². The molecule has 0 spiro atoms. The smallest absolute Gasteiger partial charge is 0.321 e. The predicted octanol–water partition coefficient (Wildman–Crippen LogP) is 4.12. The third kappa shape index (κ3) is 4.58. The molecule has 1 aromatic heterocycles. The number of thiazole rings is 1. The van der Waals surface area contributed by atoms with Gasteiger partial charge in [0.25, 0.3) is 5.91 Å². The van der Waals surface area contributed by atoms with E-state index in [1.165, 1.54) is 0 Å². The van der Waals surface area contributed by atoms with Gasteiger partial charge in [0, 0.05) is 24.2 Å². The number of ether oxygens (including phenoxy) is 1. The molecule has 9 heteroatoms. The highest BCUT2D eigenvalue weighted by Gasteiger charge is 2.30. The Morgan fingerprint density at radius 3 is 2.71 bits per heavy atom. The van der Waals surface area contributed by atoms with Crippen LogP contribution in [0, 0.1) is 0 Å². The number of carbonyl (C=O) groups excluding carboxylic acids is 3. The van der Waals surface area contributed by atoms with Crippen LogP contribution in [0.4, 0.5) is 4.79 Å². The monoisotopic (exact) mass is 486 g/mol. The second kappa shape index (κ2) is 9.55. The molecule has 2 heterocycles. The number of nitrogens with one attached hydrogen (secondary N) is 2. The fourth-order valence-electron chi connectivity index (χ4n) is 4.18. The van der Waals surface area contributed by atoms with Crippen LogP contribution in [0.15, 0.2) is 66.7 Å². The molecule has 0 saturated carbocycles. The van der Waals surface area contributed by atoms with E-state index in [1.54, 1.807) is 29.4 Å². The van der Waals surface area contributed by atoms with Gasteiger partial charge in [-0.2, -0.15) is 0 Å². The topological polar surface area (TPSA) is 101 Å². The Bertz CT molecular complexity index is 1380. The van der Waals surface area contributed by atoms with Crippen LogP contribution in [-0.4, -0.2) is 41.9 Å². The first kappa shape index (κ1) is 22.5. The molecule has 0 bridgehead atoms. The van der Waals surface area contributed by atoms with E-state index in [9.17, 15) is 14.4 Å². The minimum atomic E-state index is -0.633. The van der Waals surface area contributed by atoms with Crippen LogP contribution in [0.1, 0.15) is 27.5 Å². The lowest BCUT2D eigenvalue weighted by atomic mass is 10.0. The molecule has 0 fully saturated rings. The second-order valence-electron chi connectivity index (χ2n) is 8.11.